The minimum absolute atomic E-state index is 0. The van der Waals surface area contributed by atoms with E-state index in [4.69, 9.17) is 5.73 Å². The summed E-state index contributed by atoms with van der Waals surface area (Å²) < 4.78 is 0. The maximum Gasteiger partial charge on any atom is 0.188 e. The fourth-order valence-electron chi connectivity index (χ4n) is 2.46. The van der Waals surface area contributed by atoms with Crippen LogP contribution in [-0.2, 0) is 0 Å². The number of halogens is 1. The summed E-state index contributed by atoms with van der Waals surface area (Å²) >= 11 is 0. The molecule has 1 aliphatic heterocycles. The zero-order chi connectivity index (χ0) is 14.1. The molecule has 0 spiro atoms. The summed E-state index contributed by atoms with van der Waals surface area (Å²) in [6.07, 6.45) is 6.35. The lowest BCUT2D eigenvalue weighted by Crippen LogP contribution is -2.38. The fourth-order valence-corrected chi connectivity index (χ4v) is 2.46. The first-order valence-electron chi connectivity index (χ1n) is 7.87. The van der Waals surface area contributed by atoms with Gasteiger partial charge in [0.25, 0.3) is 0 Å². The average molecular weight is 396 g/mol. The fraction of sp³-hybridized carbons (Fsp3) is 0.933. The van der Waals surface area contributed by atoms with Gasteiger partial charge in [0.05, 0.1) is 0 Å². The summed E-state index contributed by atoms with van der Waals surface area (Å²) in [5.74, 6) is 1.31. The molecule has 1 atom stereocenters. The Morgan fingerprint density at radius 3 is 2.40 bits per heavy atom. The molecule has 0 aromatic carbocycles. The van der Waals surface area contributed by atoms with Crippen LogP contribution in [-0.4, -0.2) is 43.1 Å². The maximum absolute atomic E-state index is 5.85. The van der Waals surface area contributed by atoms with Crippen molar-refractivity contribution >= 4 is 29.9 Å². The van der Waals surface area contributed by atoms with Crippen LogP contribution in [0, 0.1) is 5.92 Å². The third kappa shape index (κ3) is 9.00. The van der Waals surface area contributed by atoms with Crippen LogP contribution in [0.25, 0.3) is 0 Å². The van der Waals surface area contributed by atoms with E-state index in [0.29, 0.717) is 17.9 Å². The maximum atomic E-state index is 5.85. The van der Waals surface area contributed by atoms with Crippen LogP contribution < -0.4 is 11.1 Å². The predicted octanol–water partition coefficient (Wildman–Crippen LogP) is 2.82. The monoisotopic (exact) mass is 396 g/mol. The van der Waals surface area contributed by atoms with Crippen molar-refractivity contribution in [3.8, 4) is 0 Å². The molecule has 120 valence electrons. The number of likely N-dealkylation sites (tertiary alicyclic amines) is 1. The third-order valence-corrected chi connectivity index (χ3v) is 3.87. The number of piperidine rings is 1. The van der Waals surface area contributed by atoms with Gasteiger partial charge in [-0.3, -0.25) is 4.99 Å². The van der Waals surface area contributed by atoms with Crippen molar-refractivity contribution in [3.63, 3.8) is 0 Å². The third-order valence-electron chi connectivity index (χ3n) is 3.87. The van der Waals surface area contributed by atoms with E-state index in [1.54, 1.807) is 0 Å². The minimum Gasteiger partial charge on any atom is -0.370 e. The van der Waals surface area contributed by atoms with E-state index in [0.717, 1.165) is 25.9 Å². The number of nitrogens with one attached hydrogen (secondary N) is 1. The van der Waals surface area contributed by atoms with Crippen LogP contribution in [0.15, 0.2) is 4.99 Å². The first-order valence-corrected chi connectivity index (χ1v) is 7.87. The van der Waals surface area contributed by atoms with Gasteiger partial charge in [-0.2, -0.15) is 0 Å². The number of hydrogen-bond donors (Lipinski definition) is 2. The first kappa shape index (κ1) is 20.0. The zero-order valence-corrected chi connectivity index (χ0v) is 15.7. The van der Waals surface area contributed by atoms with Crippen LogP contribution in [0.5, 0.6) is 0 Å². The van der Waals surface area contributed by atoms with Crippen molar-refractivity contribution in [2.24, 2.45) is 16.6 Å². The molecule has 0 aliphatic carbocycles. The average Bonchev–Trinajstić information content (AvgIpc) is 2.39. The number of guanidine groups is 1. The molecule has 5 heteroatoms. The van der Waals surface area contributed by atoms with Gasteiger partial charge in [0.1, 0.15) is 0 Å². The Balaban J connectivity index is 0.00000361. The van der Waals surface area contributed by atoms with E-state index in [1.807, 2.05) is 0 Å². The summed E-state index contributed by atoms with van der Waals surface area (Å²) in [4.78, 5) is 7.00. The van der Waals surface area contributed by atoms with Crippen molar-refractivity contribution in [1.82, 2.24) is 10.2 Å². The molecule has 0 bridgehead atoms. The Morgan fingerprint density at radius 1 is 1.15 bits per heavy atom. The van der Waals surface area contributed by atoms with Crippen LogP contribution >= 0.6 is 24.0 Å². The Morgan fingerprint density at radius 2 is 1.80 bits per heavy atom. The van der Waals surface area contributed by atoms with Crippen LogP contribution in [0.1, 0.15) is 52.9 Å². The van der Waals surface area contributed by atoms with E-state index in [-0.39, 0.29) is 24.0 Å². The van der Waals surface area contributed by atoms with Crippen LogP contribution in [0.2, 0.25) is 0 Å². The summed E-state index contributed by atoms with van der Waals surface area (Å²) in [7, 11) is 0. The number of hydrogen-bond acceptors (Lipinski definition) is 2. The van der Waals surface area contributed by atoms with Gasteiger partial charge in [-0.15, -0.1) is 24.0 Å². The molecule has 0 saturated carbocycles. The number of nitrogens with zero attached hydrogens (tertiary/aromatic N) is 2. The van der Waals surface area contributed by atoms with Gasteiger partial charge in [-0.25, -0.2) is 0 Å². The second-order valence-corrected chi connectivity index (χ2v) is 6.11. The summed E-state index contributed by atoms with van der Waals surface area (Å²) in [6, 6.07) is 0.632. The van der Waals surface area contributed by atoms with E-state index >= 15 is 0 Å². The molecular weight excluding hydrogens is 363 g/mol. The molecule has 0 aromatic heterocycles. The van der Waals surface area contributed by atoms with Gasteiger partial charge < -0.3 is 16.0 Å². The summed E-state index contributed by atoms with van der Waals surface area (Å²) in [5.41, 5.74) is 5.85. The topological polar surface area (TPSA) is 53.6 Å². The molecule has 1 unspecified atom stereocenters. The lowest BCUT2D eigenvalue weighted by Gasteiger charge is -2.32. The summed E-state index contributed by atoms with van der Waals surface area (Å²) in [6.45, 7) is 11.0. The lowest BCUT2D eigenvalue weighted by molar-refractivity contribution is 0.168. The smallest absolute Gasteiger partial charge is 0.188 e. The SMILES string of the molecule is CC(C)CCNC(N)=NCCC(C)N1CCCCC1.I. The van der Waals surface area contributed by atoms with Gasteiger partial charge in [0, 0.05) is 19.1 Å². The van der Waals surface area contributed by atoms with Crippen molar-refractivity contribution in [3.05, 3.63) is 0 Å². The largest absolute Gasteiger partial charge is 0.370 e. The second-order valence-electron chi connectivity index (χ2n) is 6.11. The molecular formula is C15H33IN4. The van der Waals surface area contributed by atoms with Crippen molar-refractivity contribution in [2.75, 3.05) is 26.2 Å². The highest BCUT2D eigenvalue weighted by molar-refractivity contribution is 14.0. The molecule has 1 fully saturated rings. The second kappa shape index (κ2) is 11.6. The Bertz CT molecular complexity index is 263. The number of aliphatic imine (C=N–C) groups is 1. The zero-order valence-electron chi connectivity index (χ0n) is 13.4. The van der Waals surface area contributed by atoms with E-state index in [9.17, 15) is 0 Å². The minimum atomic E-state index is 0. The molecule has 1 heterocycles. The van der Waals surface area contributed by atoms with E-state index in [2.05, 4.69) is 36.0 Å². The normalized spacial score (nSPS) is 18.7. The summed E-state index contributed by atoms with van der Waals surface area (Å²) in [5, 5.41) is 3.18. The van der Waals surface area contributed by atoms with Gasteiger partial charge in [0.15, 0.2) is 5.96 Å². The van der Waals surface area contributed by atoms with Gasteiger partial charge in [-0.05, 0) is 51.6 Å². The van der Waals surface area contributed by atoms with E-state index < -0.39 is 0 Å². The Hall–Kier alpha value is -0.0400. The highest BCUT2D eigenvalue weighted by Gasteiger charge is 2.15. The first-order chi connectivity index (χ1) is 9.09. The number of rotatable bonds is 7. The molecule has 0 aromatic rings. The Labute approximate surface area is 142 Å². The van der Waals surface area contributed by atoms with E-state index in [1.165, 1.54) is 32.4 Å². The highest BCUT2D eigenvalue weighted by atomic mass is 127. The van der Waals surface area contributed by atoms with Crippen LogP contribution in [0.3, 0.4) is 0 Å². The van der Waals surface area contributed by atoms with Gasteiger partial charge in [0.2, 0.25) is 0 Å². The quantitative estimate of drug-likeness (QED) is 0.395. The molecule has 0 amide bonds. The molecule has 1 saturated heterocycles. The molecule has 1 rings (SSSR count). The standard InChI is InChI=1S/C15H32N4.HI/c1-13(2)7-9-17-15(16)18-10-8-14(3)19-11-5-4-6-12-19;/h13-14H,4-12H2,1-3H3,(H3,16,17,18);1H. The lowest BCUT2D eigenvalue weighted by atomic mass is 10.1. The molecule has 0 radical (unpaired) electrons. The number of nitrogens with two attached hydrogens (primary N) is 1. The molecule has 3 N–H and O–H groups in total. The van der Waals surface area contributed by atoms with Gasteiger partial charge in [-0.1, -0.05) is 20.3 Å². The van der Waals surface area contributed by atoms with Gasteiger partial charge >= 0.3 is 0 Å². The highest BCUT2D eigenvalue weighted by Crippen LogP contribution is 2.13. The molecule has 1 aliphatic rings. The van der Waals surface area contributed by atoms with Crippen molar-refractivity contribution in [2.45, 2.75) is 58.9 Å². The molecule has 20 heavy (non-hydrogen) atoms. The van der Waals surface area contributed by atoms with Crippen LogP contribution in [0.4, 0.5) is 0 Å². The molecule has 4 nitrogen and oxygen atoms in total. The predicted molar refractivity (Wildman–Crippen MR) is 98.9 cm³/mol. The van der Waals surface area contributed by atoms with Crippen molar-refractivity contribution < 1.29 is 0 Å². The Kier molecular flexibility index (Phi) is 11.6. The van der Waals surface area contributed by atoms with Crippen molar-refractivity contribution in [1.29, 1.82) is 0 Å².